The molecule has 0 aliphatic carbocycles. The van der Waals surface area contributed by atoms with Gasteiger partial charge in [0.05, 0.1) is 26.9 Å². The van der Waals surface area contributed by atoms with Gasteiger partial charge in [0.1, 0.15) is 11.5 Å². The van der Waals surface area contributed by atoms with Crippen molar-refractivity contribution in [1.82, 2.24) is 0 Å². The summed E-state index contributed by atoms with van der Waals surface area (Å²) in [5.74, 6) is 0.929. The molecule has 0 saturated carbocycles. The van der Waals surface area contributed by atoms with Gasteiger partial charge in [-0.15, -0.1) is 0 Å². The molecule has 0 fully saturated rings. The van der Waals surface area contributed by atoms with E-state index in [1.807, 2.05) is 0 Å². The SMILES string of the molecule is O=[N+]([O-])c1cccc(-c2ccc(/C=N/Nc3c(Cl)cc(Cl)cc3Cl)o2)c1. The van der Waals surface area contributed by atoms with Crippen molar-refractivity contribution in [2.24, 2.45) is 5.10 Å². The highest BCUT2D eigenvalue weighted by molar-refractivity contribution is 6.41. The Balaban J connectivity index is 1.76. The van der Waals surface area contributed by atoms with Crippen LogP contribution in [-0.4, -0.2) is 11.1 Å². The van der Waals surface area contributed by atoms with Crippen molar-refractivity contribution in [3.8, 4) is 11.3 Å². The van der Waals surface area contributed by atoms with Crippen LogP contribution in [0.5, 0.6) is 0 Å². The average molecular weight is 411 g/mol. The van der Waals surface area contributed by atoms with Gasteiger partial charge in [-0.3, -0.25) is 15.5 Å². The summed E-state index contributed by atoms with van der Waals surface area (Å²) < 4.78 is 5.62. The van der Waals surface area contributed by atoms with Crippen molar-refractivity contribution in [2.75, 3.05) is 5.43 Å². The van der Waals surface area contributed by atoms with E-state index in [0.29, 0.717) is 37.8 Å². The molecule has 0 amide bonds. The lowest BCUT2D eigenvalue weighted by Gasteiger charge is -2.06. The maximum atomic E-state index is 10.9. The van der Waals surface area contributed by atoms with Gasteiger partial charge in [-0.25, -0.2) is 0 Å². The molecule has 132 valence electrons. The molecule has 0 atom stereocenters. The Morgan fingerprint density at radius 3 is 2.50 bits per heavy atom. The Bertz CT molecular complexity index is 979. The number of nitrogens with zero attached hydrogens (tertiary/aromatic N) is 2. The van der Waals surface area contributed by atoms with Gasteiger partial charge in [0.25, 0.3) is 5.69 Å². The van der Waals surface area contributed by atoms with E-state index in [4.69, 9.17) is 39.2 Å². The van der Waals surface area contributed by atoms with E-state index in [-0.39, 0.29) is 5.69 Å². The molecule has 3 rings (SSSR count). The number of hydrogen-bond acceptors (Lipinski definition) is 5. The van der Waals surface area contributed by atoms with Crippen LogP contribution in [0.4, 0.5) is 11.4 Å². The zero-order valence-corrected chi connectivity index (χ0v) is 15.2. The van der Waals surface area contributed by atoms with Gasteiger partial charge in [-0.2, -0.15) is 5.10 Å². The molecule has 1 aromatic heterocycles. The fraction of sp³-hybridized carbons (Fsp3) is 0. The Morgan fingerprint density at radius 1 is 1.08 bits per heavy atom. The number of nitro groups is 1. The molecule has 0 aliphatic heterocycles. The Labute approximate surface area is 163 Å². The van der Waals surface area contributed by atoms with E-state index in [1.165, 1.54) is 18.3 Å². The third kappa shape index (κ3) is 4.16. The molecule has 0 aliphatic rings. The molecule has 3 aromatic rings. The standard InChI is InChI=1S/C17H10Cl3N3O3/c18-11-7-14(19)17(15(20)8-11)22-21-9-13-4-5-16(26-13)10-2-1-3-12(6-10)23(24)25/h1-9,22H/b21-9+. The first kappa shape index (κ1) is 18.3. The van der Waals surface area contributed by atoms with Gasteiger partial charge in [-0.05, 0) is 24.3 Å². The highest BCUT2D eigenvalue weighted by Crippen LogP contribution is 2.33. The molecule has 0 saturated heterocycles. The summed E-state index contributed by atoms with van der Waals surface area (Å²) in [7, 11) is 0. The van der Waals surface area contributed by atoms with Crippen molar-refractivity contribution in [3.63, 3.8) is 0 Å². The van der Waals surface area contributed by atoms with Crippen molar-refractivity contribution < 1.29 is 9.34 Å². The topological polar surface area (TPSA) is 80.7 Å². The molecule has 26 heavy (non-hydrogen) atoms. The number of benzene rings is 2. The summed E-state index contributed by atoms with van der Waals surface area (Å²) in [6.45, 7) is 0. The monoisotopic (exact) mass is 409 g/mol. The molecule has 0 unspecified atom stereocenters. The number of non-ortho nitro benzene ring substituents is 1. The van der Waals surface area contributed by atoms with Crippen LogP contribution in [0.15, 0.2) is 58.0 Å². The first-order chi connectivity index (χ1) is 12.4. The fourth-order valence-corrected chi connectivity index (χ4v) is 3.06. The molecule has 0 bridgehead atoms. The zero-order chi connectivity index (χ0) is 18.7. The molecule has 0 radical (unpaired) electrons. The smallest absolute Gasteiger partial charge is 0.270 e. The van der Waals surface area contributed by atoms with Gasteiger partial charge in [0.15, 0.2) is 0 Å². The molecular weight excluding hydrogens is 401 g/mol. The van der Waals surface area contributed by atoms with Crippen LogP contribution >= 0.6 is 34.8 Å². The van der Waals surface area contributed by atoms with E-state index in [1.54, 1.807) is 36.4 Å². The molecule has 1 N–H and O–H groups in total. The largest absolute Gasteiger partial charge is 0.455 e. The number of hydrogen-bond donors (Lipinski definition) is 1. The van der Waals surface area contributed by atoms with Crippen LogP contribution < -0.4 is 5.43 Å². The van der Waals surface area contributed by atoms with E-state index >= 15 is 0 Å². The Kier molecular flexibility index (Phi) is 5.46. The van der Waals surface area contributed by atoms with Crippen LogP contribution in [0.1, 0.15) is 5.76 Å². The molecule has 9 heteroatoms. The maximum Gasteiger partial charge on any atom is 0.270 e. The van der Waals surface area contributed by atoms with Gasteiger partial charge in [-0.1, -0.05) is 46.9 Å². The second-order valence-corrected chi connectivity index (χ2v) is 6.37. The van der Waals surface area contributed by atoms with E-state index in [0.717, 1.165) is 0 Å². The normalized spacial score (nSPS) is 11.0. The number of hydrazone groups is 1. The summed E-state index contributed by atoms with van der Waals surface area (Å²) in [6, 6.07) is 12.6. The lowest BCUT2D eigenvalue weighted by Crippen LogP contribution is -1.92. The number of nitro benzene ring substituents is 1. The maximum absolute atomic E-state index is 10.9. The van der Waals surface area contributed by atoms with Crippen molar-refractivity contribution in [3.05, 3.63) is 79.5 Å². The predicted molar refractivity (Wildman–Crippen MR) is 103 cm³/mol. The Morgan fingerprint density at radius 2 is 1.81 bits per heavy atom. The van der Waals surface area contributed by atoms with Crippen LogP contribution in [0.3, 0.4) is 0 Å². The zero-order valence-electron chi connectivity index (χ0n) is 12.9. The average Bonchev–Trinajstić information content (AvgIpc) is 3.06. The van der Waals surface area contributed by atoms with Crippen molar-refractivity contribution in [2.45, 2.75) is 0 Å². The quantitative estimate of drug-likeness (QED) is 0.306. The Hall–Kier alpha value is -2.54. The van der Waals surface area contributed by atoms with Crippen LogP contribution in [0.25, 0.3) is 11.3 Å². The summed E-state index contributed by atoms with van der Waals surface area (Å²) in [4.78, 5) is 10.4. The van der Waals surface area contributed by atoms with E-state index in [9.17, 15) is 10.1 Å². The van der Waals surface area contributed by atoms with Crippen LogP contribution in [0, 0.1) is 10.1 Å². The van der Waals surface area contributed by atoms with E-state index < -0.39 is 4.92 Å². The number of nitrogens with one attached hydrogen (secondary N) is 1. The van der Waals surface area contributed by atoms with Gasteiger partial charge < -0.3 is 4.42 Å². The van der Waals surface area contributed by atoms with Crippen molar-refractivity contribution in [1.29, 1.82) is 0 Å². The van der Waals surface area contributed by atoms with Gasteiger partial charge in [0, 0.05) is 22.7 Å². The van der Waals surface area contributed by atoms with E-state index in [2.05, 4.69) is 10.5 Å². The van der Waals surface area contributed by atoms with Crippen LogP contribution in [0.2, 0.25) is 15.1 Å². The number of furan rings is 1. The minimum atomic E-state index is -0.460. The summed E-state index contributed by atoms with van der Waals surface area (Å²) >= 11 is 18.0. The molecule has 2 aromatic carbocycles. The number of rotatable bonds is 5. The van der Waals surface area contributed by atoms with Crippen LogP contribution in [-0.2, 0) is 0 Å². The molecule has 1 heterocycles. The third-order valence-corrected chi connectivity index (χ3v) is 4.16. The lowest BCUT2D eigenvalue weighted by molar-refractivity contribution is -0.384. The first-order valence-electron chi connectivity index (χ1n) is 7.22. The predicted octanol–water partition coefficient (Wildman–Crippen LogP) is 6.26. The first-order valence-corrected chi connectivity index (χ1v) is 8.36. The van der Waals surface area contributed by atoms with Gasteiger partial charge in [0.2, 0.25) is 0 Å². The second-order valence-electron chi connectivity index (χ2n) is 5.12. The summed E-state index contributed by atoms with van der Waals surface area (Å²) in [5.41, 5.74) is 3.73. The lowest BCUT2D eigenvalue weighted by atomic mass is 10.1. The minimum absolute atomic E-state index is 0.0113. The summed E-state index contributed by atoms with van der Waals surface area (Å²) in [6.07, 6.45) is 1.43. The summed E-state index contributed by atoms with van der Waals surface area (Å²) in [5, 5.41) is 16.0. The fourth-order valence-electron chi connectivity index (χ4n) is 2.16. The second kappa shape index (κ2) is 7.78. The number of halogens is 3. The minimum Gasteiger partial charge on any atom is -0.455 e. The highest BCUT2D eigenvalue weighted by Gasteiger charge is 2.10. The molecule has 0 spiro atoms. The van der Waals surface area contributed by atoms with Gasteiger partial charge >= 0.3 is 0 Å². The highest BCUT2D eigenvalue weighted by atomic mass is 35.5. The number of anilines is 1. The third-order valence-electron chi connectivity index (χ3n) is 3.34. The van der Waals surface area contributed by atoms with Crippen molar-refractivity contribution >= 4 is 52.4 Å². The molecule has 6 nitrogen and oxygen atoms in total. The molecular formula is C17H10Cl3N3O3.